The van der Waals surface area contributed by atoms with Crippen molar-refractivity contribution in [3.8, 4) is 0 Å². The highest BCUT2D eigenvalue weighted by Gasteiger charge is 2.53. The van der Waals surface area contributed by atoms with Crippen LogP contribution in [0.15, 0.2) is 4.99 Å². The molecule has 0 aromatic rings. The molecule has 18 heavy (non-hydrogen) atoms. The Kier molecular flexibility index (Phi) is 3.49. The number of rotatable bonds is 4. The molecule has 0 radical (unpaired) electrons. The van der Waals surface area contributed by atoms with E-state index in [-0.39, 0.29) is 0 Å². The molecule has 0 saturated heterocycles. The van der Waals surface area contributed by atoms with Gasteiger partial charge in [0.25, 0.3) is 0 Å². The lowest BCUT2D eigenvalue weighted by atomic mass is 9.96. The molecule has 3 fully saturated rings. The number of guanidine groups is 1. The molecule has 3 saturated carbocycles. The van der Waals surface area contributed by atoms with E-state index < -0.39 is 0 Å². The molecule has 3 heteroatoms. The number of aliphatic imine (C=N–C) groups is 1. The van der Waals surface area contributed by atoms with E-state index in [2.05, 4.69) is 15.6 Å². The first-order chi connectivity index (χ1) is 8.82. The molecule has 3 rings (SSSR count). The average Bonchev–Trinajstić information content (AvgIpc) is 3.28. The average molecular weight is 249 g/mol. The van der Waals surface area contributed by atoms with Gasteiger partial charge in [-0.2, -0.15) is 0 Å². The fourth-order valence-corrected chi connectivity index (χ4v) is 3.48. The van der Waals surface area contributed by atoms with Crippen molar-refractivity contribution in [1.82, 2.24) is 10.6 Å². The van der Waals surface area contributed by atoms with Crippen molar-refractivity contribution in [3.05, 3.63) is 0 Å². The molecule has 0 aromatic heterocycles. The van der Waals surface area contributed by atoms with Crippen molar-refractivity contribution >= 4 is 5.96 Å². The standard InChI is InChI=1S/C15H27N3/c1-16-14(18-13-5-3-2-4-6-13)17-11-15(9-10-15)12-7-8-12/h12-13H,2-11H2,1H3,(H2,16,17,18). The van der Waals surface area contributed by atoms with Gasteiger partial charge in [-0.05, 0) is 49.9 Å². The molecule has 2 N–H and O–H groups in total. The van der Waals surface area contributed by atoms with Gasteiger partial charge in [-0.25, -0.2) is 0 Å². The minimum atomic E-state index is 0.654. The van der Waals surface area contributed by atoms with Crippen LogP contribution in [0.2, 0.25) is 0 Å². The quantitative estimate of drug-likeness (QED) is 0.593. The van der Waals surface area contributed by atoms with Gasteiger partial charge in [-0.15, -0.1) is 0 Å². The summed E-state index contributed by atoms with van der Waals surface area (Å²) in [6, 6.07) is 0.654. The van der Waals surface area contributed by atoms with Crippen LogP contribution in [0.5, 0.6) is 0 Å². The highest BCUT2D eigenvalue weighted by atomic mass is 15.2. The van der Waals surface area contributed by atoms with Crippen molar-refractivity contribution in [2.45, 2.75) is 63.8 Å². The van der Waals surface area contributed by atoms with Crippen molar-refractivity contribution < 1.29 is 0 Å². The molecule has 0 amide bonds. The molecule has 3 aliphatic carbocycles. The van der Waals surface area contributed by atoms with Gasteiger partial charge in [-0.1, -0.05) is 19.3 Å². The van der Waals surface area contributed by atoms with Crippen molar-refractivity contribution in [2.24, 2.45) is 16.3 Å². The summed E-state index contributed by atoms with van der Waals surface area (Å²) in [5, 5.41) is 7.18. The molecule has 3 nitrogen and oxygen atoms in total. The number of nitrogens with zero attached hydrogens (tertiary/aromatic N) is 1. The van der Waals surface area contributed by atoms with Crippen LogP contribution in [0.25, 0.3) is 0 Å². The van der Waals surface area contributed by atoms with E-state index in [0.29, 0.717) is 11.5 Å². The first-order valence-electron chi connectivity index (χ1n) is 7.80. The fourth-order valence-electron chi connectivity index (χ4n) is 3.48. The Hall–Kier alpha value is -0.730. The van der Waals surface area contributed by atoms with Crippen LogP contribution in [0.3, 0.4) is 0 Å². The second-order valence-corrected chi connectivity index (χ2v) is 6.54. The molecule has 0 aromatic carbocycles. The lowest BCUT2D eigenvalue weighted by Gasteiger charge is -2.26. The van der Waals surface area contributed by atoms with Gasteiger partial charge in [0.2, 0.25) is 0 Å². The lowest BCUT2D eigenvalue weighted by Crippen LogP contribution is -2.46. The molecule has 0 unspecified atom stereocenters. The summed E-state index contributed by atoms with van der Waals surface area (Å²) in [7, 11) is 1.90. The maximum Gasteiger partial charge on any atom is 0.191 e. The van der Waals surface area contributed by atoms with Gasteiger partial charge >= 0.3 is 0 Å². The van der Waals surface area contributed by atoms with Crippen LogP contribution < -0.4 is 10.6 Å². The zero-order valence-electron chi connectivity index (χ0n) is 11.7. The second-order valence-electron chi connectivity index (χ2n) is 6.54. The Balaban J connectivity index is 1.44. The van der Waals surface area contributed by atoms with Crippen molar-refractivity contribution in [1.29, 1.82) is 0 Å². The molecular weight excluding hydrogens is 222 g/mol. The third-order valence-corrected chi connectivity index (χ3v) is 5.11. The van der Waals surface area contributed by atoms with Crippen LogP contribution in [-0.2, 0) is 0 Å². The summed E-state index contributed by atoms with van der Waals surface area (Å²) in [5.74, 6) is 2.06. The van der Waals surface area contributed by atoms with Gasteiger partial charge < -0.3 is 10.6 Å². The smallest absolute Gasteiger partial charge is 0.191 e. The van der Waals surface area contributed by atoms with Crippen LogP contribution in [0.1, 0.15) is 57.8 Å². The van der Waals surface area contributed by atoms with Crippen molar-refractivity contribution in [2.75, 3.05) is 13.6 Å². The first kappa shape index (κ1) is 12.3. The molecule has 0 heterocycles. The van der Waals surface area contributed by atoms with Crippen LogP contribution >= 0.6 is 0 Å². The Bertz CT molecular complexity index is 310. The van der Waals surface area contributed by atoms with E-state index in [1.165, 1.54) is 57.8 Å². The zero-order chi connectivity index (χ0) is 12.4. The number of hydrogen-bond acceptors (Lipinski definition) is 1. The SMILES string of the molecule is CN=C(NCC1(C2CC2)CC1)NC1CCCCC1. The molecule has 0 bridgehead atoms. The van der Waals surface area contributed by atoms with Crippen LogP contribution in [0.4, 0.5) is 0 Å². The Morgan fingerprint density at radius 1 is 1.11 bits per heavy atom. The lowest BCUT2D eigenvalue weighted by molar-refractivity contribution is 0.400. The highest BCUT2D eigenvalue weighted by Crippen LogP contribution is 2.60. The van der Waals surface area contributed by atoms with E-state index >= 15 is 0 Å². The Labute approximate surface area is 111 Å². The summed E-state index contributed by atoms with van der Waals surface area (Å²) in [6.45, 7) is 1.14. The summed E-state index contributed by atoms with van der Waals surface area (Å²) in [4.78, 5) is 4.39. The number of nitrogens with one attached hydrogen (secondary N) is 2. The van der Waals surface area contributed by atoms with Gasteiger partial charge in [0.1, 0.15) is 0 Å². The minimum absolute atomic E-state index is 0.654. The van der Waals surface area contributed by atoms with Gasteiger partial charge in [0.15, 0.2) is 5.96 Å². The minimum Gasteiger partial charge on any atom is -0.356 e. The summed E-state index contributed by atoms with van der Waals surface area (Å²) < 4.78 is 0. The summed E-state index contributed by atoms with van der Waals surface area (Å²) in [5.41, 5.74) is 0.657. The topological polar surface area (TPSA) is 36.4 Å². The van der Waals surface area contributed by atoms with Gasteiger partial charge in [0.05, 0.1) is 0 Å². The third kappa shape index (κ3) is 2.81. The third-order valence-electron chi connectivity index (χ3n) is 5.11. The maximum absolute atomic E-state index is 4.39. The van der Waals surface area contributed by atoms with E-state index in [4.69, 9.17) is 0 Å². The summed E-state index contributed by atoms with van der Waals surface area (Å²) in [6.07, 6.45) is 12.6. The van der Waals surface area contributed by atoms with E-state index in [0.717, 1.165) is 18.4 Å². The van der Waals surface area contributed by atoms with Gasteiger partial charge in [-0.3, -0.25) is 4.99 Å². The fraction of sp³-hybridized carbons (Fsp3) is 0.933. The Morgan fingerprint density at radius 3 is 2.39 bits per heavy atom. The molecule has 102 valence electrons. The maximum atomic E-state index is 4.39. The second kappa shape index (κ2) is 5.10. The van der Waals surface area contributed by atoms with E-state index in [1.54, 1.807) is 0 Å². The molecular formula is C15H27N3. The molecule has 0 spiro atoms. The van der Waals surface area contributed by atoms with Crippen LogP contribution in [0, 0.1) is 11.3 Å². The van der Waals surface area contributed by atoms with Crippen molar-refractivity contribution in [3.63, 3.8) is 0 Å². The monoisotopic (exact) mass is 249 g/mol. The number of hydrogen-bond donors (Lipinski definition) is 2. The van der Waals surface area contributed by atoms with Crippen LogP contribution in [-0.4, -0.2) is 25.6 Å². The van der Waals surface area contributed by atoms with E-state index in [9.17, 15) is 0 Å². The molecule has 0 atom stereocenters. The Morgan fingerprint density at radius 2 is 1.83 bits per heavy atom. The predicted octanol–water partition coefficient (Wildman–Crippen LogP) is 2.67. The van der Waals surface area contributed by atoms with E-state index in [1.807, 2.05) is 7.05 Å². The predicted molar refractivity (Wildman–Crippen MR) is 75.8 cm³/mol. The van der Waals surface area contributed by atoms with Gasteiger partial charge in [0, 0.05) is 19.6 Å². The largest absolute Gasteiger partial charge is 0.356 e. The summed E-state index contributed by atoms with van der Waals surface area (Å²) >= 11 is 0. The molecule has 0 aliphatic heterocycles. The first-order valence-corrected chi connectivity index (χ1v) is 7.80. The highest BCUT2D eigenvalue weighted by molar-refractivity contribution is 5.80. The normalized spacial score (nSPS) is 27.9. The zero-order valence-corrected chi connectivity index (χ0v) is 11.7. The molecule has 3 aliphatic rings.